The predicted octanol–water partition coefficient (Wildman–Crippen LogP) is 4.94. The Bertz CT molecular complexity index is 660. The molecule has 2 heteroatoms. The highest BCUT2D eigenvalue weighted by Gasteiger charge is 2.35. The zero-order chi connectivity index (χ0) is 15.5. The number of aromatic nitrogens is 1. The molecule has 0 aliphatic carbocycles. The second-order valence-corrected chi connectivity index (χ2v) is 6.76. The number of pyridine rings is 1. The maximum Gasteiger partial charge on any atom is 0.0351 e. The first-order chi connectivity index (χ1) is 11.4. The third kappa shape index (κ3) is 3.23. The third-order valence-electron chi connectivity index (χ3n) is 5.34. The largest absolute Gasteiger partial charge is 0.293 e. The van der Waals surface area contributed by atoms with E-state index in [2.05, 4.69) is 46.3 Å². The van der Waals surface area contributed by atoms with Gasteiger partial charge in [-0.25, -0.2) is 0 Å². The summed E-state index contributed by atoms with van der Waals surface area (Å²) in [5.41, 5.74) is 3.95. The van der Waals surface area contributed by atoms with Gasteiger partial charge in [-0.3, -0.25) is 9.88 Å². The minimum atomic E-state index is 0.651. The fraction of sp³-hybridized carbons (Fsp3) is 0.381. The summed E-state index contributed by atoms with van der Waals surface area (Å²) >= 11 is 0. The lowest BCUT2D eigenvalue weighted by Gasteiger charge is -2.34. The minimum absolute atomic E-state index is 0.651. The molecular weight excluding hydrogens is 280 g/mol. The number of hydrogen-bond acceptors (Lipinski definition) is 2. The van der Waals surface area contributed by atoms with Crippen LogP contribution in [0.1, 0.15) is 54.8 Å². The van der Waals surface area contributed by atoms with Crippen LogP contribution < -0.4 is 0 Å². The SMILES string of the molecule is C(=Cc1ccc([C@@H]2CC[C@H]3CCCCN32)cc1)c1ccncc1. The van der Waals surface area contributed by atoms with Crippen LogP contribution in [-0.2, 0) is 0 Å². The Balaban J connectivity index is 1.47. The number of hydrogen-bond donors (Lipinski definition) is 0. The molecule has 2 atom stereocenters. The number of nitrogens with zero attached hydrogens (tertiary/aromatic N) is 2. The summed E-state index contributed by atoms with van der Waals surface area (Å²) in [6, 6.07) is 14.7. The van der Waals surface area contributed by atoms with Crippen LogP contribution in [0.2, 0.25) is 0 Å². The van der Waals surface area contributed by atoms with Crippen molar-refractivity contribution < 1.29 is 0 Å². The standard InChI is InChI=1S/C21H24N2/c1-2-16-23-20(3-1)10-11-21(23)19-8-6-17(7-9-19)4-5-18-12-14-22-15-13-18/h4-9,12-15,20-21H,1-3,10-11,16H2/t20-,21+/m1/s1. The summed E-state index contributed by atoms with van der Waals surface area (Å²) in [5, 5.41) is 0. The first-order valence-corrected chi connectivity index (χ1v) is 8.84. The van der Waals surface area contributed by atoms with E-state index < -0.39 is 0 Å². The zero-order valence-electron chi connectivity index (χ0n) is 13.6. The second kappa shape index (κ2) is 6.67. The average Bonchev–Trinajstić information content (AvgIpc) is 3.05. The van der Waals surface area contributed by atoms with Crippen molar-refractivity contribution in [2.45, 2.75) is 44.2 Å². The summed E-state index contributed by atoms with van der Waals surface area (Å²) in [7, 11) is 0. The van der Waals surface area contributed by atoms with E-state index in [0.29, 0.717) is 6.04 Å². The molecule has 23 heavy (non-hydrogen) atoms. The van der Waals surface area contributed by atoms with Crippen LogP contribution in [0.5, 0.6) is 0 Å². The molecule has 0 unspecified atom stereocenters. The summed E-state index contributed by atoms with van der Waals surface area (Å²) in [5.74, 6) is 0. The van der Waals surface area contributed by atoms with Gasteiger partial charge in [0, 0.05) is 24.5 Å². The highest BCUT2D eigenvalue weighted by atomic mass is 15.2. The Hall–Kier alpha value is -1.93. The van der Waals surface area contributed by atoms with E-state index in [1.54, 1.807) is 0 Å². The van der Waals surface area contributed by atoms with Gasteiger partial charge in [0.25, 0.3) is 0 Å². The van der Waals surface area contributed by atoms with Crippen LogP contribution in [0.25, 0.3) is 12.2 Å². The molecule has 2 nitrogen and oxygen atoms in total. The van der Waals surface area contributed by atoms with Gasteiger partial charge in [0.15, 0.2) is 0 Å². The third-order valence-corrected chi connectivity index (χ3v) is 5.34. The smallest absolute Gasteiger partial charge is 0.0351 e. The highest BCUT2D eigenvalue weighted by molar-refractivity contribution is 5.69. The van der Waals surface area contributed by atoms with Crippen LogP contribution in [0.4, 0.5) is 0 Å². The molecule has 2 fully saturated rings. The summed E-state index contributed by atoms with van der Waals surface area (Å²) in [6.45, 7) is 1.29. The summed E-state index contributed by atoms with van der Waals surface area (Å²) in [6.07, 6.45) is 14.9. The van der Waals surface area contributed by atoms with Gasteiger partial charge in [-0.15, -0.1) is 0 Å². The molecule has 2 aliphatic rings. The fourth-order valence-corrected chi connectivity index (χ4v) is 4.11. The number of rotatable bonds is 3. The lowest BCUT2D eigenvalue weighted by molar-refractivity contribution is 0.150. The number of benzene rings is 1. The second-order valence-electron chi connectivity index (χ2n) is 6.76. The van der Waals surface area contributed by atoms with Gasteiger partial charge in [-0.1, -0.05) is 42.8 Å². The fourth-order valence-electron chi connectivity index (χ4n) is 4.11. The molecule has 2 aromatic rings. The van der Waals surface area contributed by atoms with E-state index in [9.17, 15) is 0 Å². The normalized spacial score (nSPS) is 24.9. The Morgan fingerprint density at radius 2 is 1.57 bits per heavy atom. The van der Waals surface area contributed by atoms with E-state index in [1.165, 1.54) is 55.3 Å². The molecule has 0 spiro atoms. The topological polar surface area (TPSA) is 16.1 Å². The molecule has 118 valence electrons. The van der Waals surface area contributed by atoms with Crippen molar-refractivity contribution in [2.75, 3.05) is 6.54 Å². The van der Waals surface area contributed by atoms with E-state index in [1.807, 2.05) is 24.5 Å². The molecule has 0 amide bonds. The average molecular weight is 304 g/mol. The lowest BCUT2D eigenvalue weighted by Crippen LogP contribution is -2.35. The predicted molar refractivity (Wildman–Crippen MR) is 95.9 cm³/mol. The van der Waals surface area contributed by atoms with Gasteiger partial charge in [0.2, 0.25) is 0 Å². The Morgan fingerprint density at radius 1 is 0.826 bits per heavy atom. The van der Waals surface area contributed by atoms with E-state index >= 15 is 0 Å². The van der Waals surface area contributed by atoms with Crippen molar-refractivity contribution in [3.8, 4) is 0 Å². The summed E-state index contributed by atoms with van der Waals surface area (Å²) < 4.78 is 0. The van der Waals surface area contributed by atoms with Gasteiger partial charge in [-0.05, 0) is 61.1 Å². The van der Waals surface area contributed by atoms with Crippen LogP contribution in [0.15, 0.2) is 48.8 Å². The molecule has 3 heterocycles. The van der Waals surface area contributed by atoms with Crippen molar-refractivity contribution in [3.05, 3.63) is 65.5 Å². The molecule has 4 rings (SSSR count). The van der Waals surface area contributed by atoms with Crippen molar-refractivity contribution >= 4 is 12.2 Å². The Morgan fingerprint density at radius 3 is 2.35 bits per heavy atom. The van der Waals surface area contributed by atoms with Crippen LogP contribution in [0.3, 0.4) is 0 Å². The molecule has 2 aliphatic heterocycles. The van der Waals surface area contributed by atoms with Crippen LogP contribution in [-0.4, -0.2) is 22.5 Å². The zero-order valence-corrected chi connectivity index (χ0v) is 13.6. The number of piperidine rings is 1. The maximum atomic E-state index is 4.05. The molecular formula is C21H24N2. The lowest BCUT2D eigenvalue weighted by atomic mass is 10.0. The molecule has 0 bridgehead atoms. The van der Waals surface area contributed by atoms with Gasteiger partial charge >= 0.3 is 0 Å². The molecule has 1 aromatic carbocycles. The first kappa shape index (κ1) is 14.6. The molecule has 0 radical (unpaired) electrons. The Kier molecular flexibility index (Phi) is 4.25. The van der Waals surface area contributed by atoms with Crippen LogP contribution >= 0.6 is 0 Å². The molecule has 2 saturated heterocycles. The van der Waals surface area contributed by atoms with Gasteiger partial charge in [0.1, 0.15) is 0 Å². The van der Waals surface area contributed by atoms with Crippen LogP contribution in [0, 0.1) is 0 Å². The highest BCUT2D eigenvalue weighted by Crippen LogP contribution is 2.40. The summed E-state index contributed by atoms with van der Waals surface area (Å²) in [4.78, 5) is 6.81. The molecule has 0 saturated carbocycles. The minimum Gasteiger partial charge on any atom is -0.293 e. The van der Waals surface area contributed by atoms with Gasteiger partial charge in [-0.2, -0.15) is 0 Å². The maximum absolute atomic E-state index is 4.05. The Labute approximate surface area is 138 Å². The van der Waals surface area contributed by atoms with Crippen molar-refractivity contribution in [2.24, 2.45) is 0 Å². The van der Waals surface area contributed by atoms with Gasteiger partial charge < -0.3 is 0 Å². The molecule has 0 N–H and O–H groups in total. The molecule has 1 aromatic heterocycles. The quantitative estimate of drug-likeness (QED) is 0.798. The van der Waals surface area contributed by atoms with E-state index in [-0.39, 0.29) is 0 Å². The first-order valence-electron chi connectivity index (χ1n) is 8.84. The number of fused-ring (bicyclic) bond motifs is 1. The van der Waals surface area contributed by atoms with Gasteiger partial charge in [0.05, 0.1) is 0 Å². The van der Waals surface area contributed by atoms with Crippen molar-refractivity contribution in [1.82, 2.24) is 9.88 Å². The van der Waals surface area contributed by atoms with Crippen molar-refractivity contribution in [1.29, 1.82) is 0 Å². The van der Waals surface area contributed by atoms with Crippen molar-refractivity contribution in [3.63, 3.8) is 0 Å². The monoisotopic (exact) mass is 304 g/mol. The van der Waals surface area contributed by atoms with E-state index in [4.69, 9.17) is 0 Å². The van der Waals surface area contributed by atoms with E-state index in [0.717, 1.165) is 6.04 Å².